The minimum Gasteiger partial charge on any atom is -0.313 e. The molecule has 0 aliphatic carbocycles. The SMILES string of the molecule is Cc1nn(C)cc1CNCCCc1ncn[nH]1. The fourth-order valence-electron chi connectivity index (χ4n) is 1.78. The maximum atomic E-state index is 4.30. The van der Waals surface area contributed by atoms with Gasteiger partial charge in [0.15, 0.2) is 0 Å². The van der Waals surface area contributed by atoms with Gasteiger partial charge < -0.3 is 5.32 Å². The van der Waals surface area contributed by atoms with Crippen LogP contribution >= 0.6 is 0 Å². The van der Waals surface area contributed by atoms with Gasteiger partial charge >= 0.3 is 0 Å². The first-order valence-electron chi connectivity index (χ1n) is 5.80. The molecule has 0 unspecified atom stereocenters. The van der Waals surface area contributed by atoms with Crippen LogP contribution in [-0.2, 0) is 20.0 Å². The fraction of sp³-hybridized carbons (Fsp3) is 0.545. The maximum absolute atomic E-state index is 4.30. The summed E-state index contributed by atoms with van der Waals surface area (Å²) >= 11 is 0. The van der Waals surface area contributed by atoms with Gasteiger partial charge in [0.25, 0.3) is 0 Å². The molecule has 6 heteroatoms. The number of H-pyrrole nitrogens is 1. The van der Waals surface area contributed by atoms with E-state index in [2.05, 4.69) is 31.8 Å². The van der Waals surface area contributed by atoms with Gasteiger partial charge in [-0.3, -0.25) is 9.78 Å². The van der Waals surface area contributed by atoms with Gasteiger partial charge in [-0.05, 0) is 19.9 Å². The van der Waals surface area contributed by atoms with Gasteiger partial charge in [-0.1, -0.05) is 0 Å². The lowest BCUT2D eigenvalue weighted by molar-refractivity contribution is 0.638. The van der Waals surface area contributed by atoms with Gasteiger partial charge in [0.2, 0.25) is 0 Å². The lowest BCUT2D eigenvalue weighted by Crippen LogP contribution is -2.15. The van der Waals surface area contributed by atoms with Crippen molar-refractivity contribution in [1.82, 2.24) is 30.3 Å². The molecule has 0 aliphatic heterocycles. The van der Waals surface area contributed by atoms with E-state index in [0.717, 1.165) is 37.4 Å². The van der Waals surface area contributed by atoms with E-state index >= 15 is 0 Å². The van der Waals surface area contributed by atoms with Gasteiger partial charge in [0.05, 0.1) is 5.69 Å². The van der Waals surface area contributed by atoms with Gasteiger partial charge in [-0.15, -0.1) is 0 Å². The van der Waals surface area contributed by atoms with Crippen LogP contribution < -0.4 is 5.32 Å². The Morgan fingerprint density at radius 2 is 2.35 bits per heavy atom. The summed E-state index contributed by atoms with van der Waals surface area (Å²) in [5.74, 6) is 0.948. The van der Waals surface area contributed by atoms with E-state index in [1.54, 1.807) is 6.33 Å². The number of aromatic nitrogens is 5. The highest BCUT2D eigenvalue weighted by Gasteiger charge is 2.02. The van der Waals surface area contributed by atoms with Crippen molar-refractivity contribution in [2.45, 2.75) is 26.3 Å². The Hall–Kier alpha value is -1.69. The maximum Gasteiger partial charge on any atom is 0.137 e. The molecule has 2 heterocycles. The molecular weight excluding hydrogens is 216 g/mol. The first-order valence-corrected chi connectivity index (χ1v) is 5.80. The third-order valence-corrected chi connectivity index (χ3v) is 2.66. The number of hydrogen-bond donors (Lipinski definition) is 2. The lowest BCUT2D eigenvalue weighted by atomic mass is 10.2. The first kappa shape index (κ1) is 11.8. The highest BCUT2D eigenvalue weighted by Crippen LogP contribution is 2.03. The van der Waals surface area contributed by atoms with Gasteiger partial charge in [0.1, 0.15) is 12.2 Å². The van der Waals surface area contributed by atoms with Gasteiger partial charge in [-0.25, -0.2) is 4.98 Å². The number of nitrogens with zero attached hydrogens (tertiary/aromatic N) is 4. The predicted octanol–water partition coefficient (Wildman–Crippen LogP) is 0.569. The van der Waals surface area contributed by atoms with Crippen molar-refractivity contribution in [3.63, 3.8) is 0 Å². The highest BCUT2D eigenvalue weighted by molar-refractivity contribution is 5.14. The number of hydrogen-bond acceptors (Lipinski definition) is 4. The second-order valence-corrected chi connectivity index (χ2v) is 4.13. The standard InChI is InChI=1S/C11H18N6/c1-9-10(7-17(2)16-9)6-12-5-3-4-11-13-8-14-15-11/h7-8,12H,3-6H2,1-2H3,(H,13,14,15). The molecule has 0 atom stereocenters. The molecule has 0 saturated carbocycles. The monoisotopic (exact) mass is 234 g/mol. The van der Waals surface area contributed by atoms with Crippen molar-refractivity contribution in [3.05, 3.63) is 29.6 Å². The van der Waals surface area contributed by atoms with Crippen LogP contribution in [-0.4, -0.2) is 31.5 Å². The van der Waals surface area contributed by atoms with Crippen molar-refractivity contribution in [1.29, 1.82) is 0 Å². The Bertz CT molecular complexity index is 444. The average molecular weight is 234 g/mol. The molecule has 0 saturated heterocycles. The summed E-state index contributed by atoms with van der Waals surface area (Å²) < 4.78 is 1.85. The van der Waals surface area contributed by atoms with Crippen LogP contribution in [0.15, 0.2) is 12.5 Å². The van der Waals surface area contributed by atoms with Crippen LogP contribution in [0.4, 0.5) is 0 Å². The first-order chi connectivity index (χ1) is 8.25. The molecule has 0 aromatic carbocycles. The van der Waals surface area contributed by atoms with Crippen LogP contribution in [0.2, 0.25) is 0 Å². The smallest absolute Gasteiger partial charge is 0.137 e. The molecule has 92 valence electrons. The molecule has 2 aromatic rings. The van der Waals surface area contributed by atoms with Crippen LogP contribution in [0.1, 0.15) is 23.5 Å². The van der Waals surface area contributed by atoms with Crippen LogP contribution in [0.3, 0.4) is 0 Å². The molecule has 6 nitrogen and oxygen atoms in total. The van der Waals surface area contributed by atoms with E-state index in [9.17, 15) is 0 Å². The van der Waals surface area contributed by atoms with E-state index in [4.69, 9.17) is 0 Å². The topological polar surface area (TPSA) is 71.4 Å². The molecule has 0 fully saturated rings. The molecule has 0 bridgehead atoms. The van der Waals surface area contributed by atoms with E-state index in [1.807, 2.05) is 18.7 Å². The molecule has 0 aliphatic rings. The Morgan fingerprint density at radius 1 is 1.47 bits per heavy atom. The predicted molar refractivity (Wildman–Crippen MR) is 64.4 cm³/mol. The average Bonchev–Trinajstić information content (AvgIpc) is 2.89. The molecule has 0 radical (unpaired) electrons. The number of rotatable bonds is 6. The molecule has 0 amide bonds. The van der Waals surface area contributed by atoms with Crippen molar-refractivity contribution in [3.8, 4) is 0 Å². The summed E-state index contributed by atoms with van der Waals surface area (Å²) in [6.07, 6.45) is 5.58. The van der Waals surface area contributed by atoms with Crippen LogP contribution in [0, 0.1) is 6.92 Å². The van der Waals surface area contributed by atoms with Crippen molar-refractivity contribution < 1.29 is 0 Å². The fourth-order valence-corrected chi connectivity index (χ4v) is 1.78. The second-order valence-electron chi connectivity index (χ2n) is 4.13. The van der Waals surface area contributed by atoms with Crippen LogP contribution in [0.5, 0.6) is 0 Å². The van der Waals surface area contributed by atoms with E-state index in [1.165, 1.54) is 5.56 Å². The van der Waals surface area contributed by atoms with Crippen molar-refractivity contribution in [2.24, 2.45) is 7.05 Å². The Morgan fingerprint density at radius 3 is 3.00 bits per heavy atom. The number of nitrogens with one attached hydrogen (secondary N) is 2. The molecular formula is C11H18N6. The zero-order chi connectivity index (χ0) is 12.1. The van der Waals surface area contributed by atoms with E-state index < -0.39 is 0 Å². The molecule has 17 heavy (non-hydrogen) atoms. The second kappa shape index (κ2) is 5.58. The normalized spacial score (nSPS) is 10.9. The van der Waals surface area contributed by atoms with Crippen molar-refractivity contribution in [2.75, 3.05) is 6.54 Å². The Labute approximate surface area is 100 Å². The van der Waals surface area contributed by atoms with Crippen LogP contribution in [0.25, 0.3) is 0 Å². The lowest BCUT2D eigenvalue weighted by Gasteiger charge is -2.02. The van der Waals surface area contributed by atoms with Gasteiger partial charge in [0, 0.05) is 31.8 Å². The molecule has 2 N–H and O–H groups in total. The highest BCUT2D eigenvalue weighted by atomic mass is 15.2. The zero-order valence-electron chi connectivity index (χ0n) is 10.3. The summed E-state index contributed by atoms with van der Waals surface area (Å²) in [4.78, 5) is 4.08. The minimum absolute atomic E-state index is 0.871. The Kier molecular flexibility index (Phi) is 3.87. The zero-order valence-corrected chi connectivity index (χ0v) is 10.3. The summed E-state index contributed by atoms with van der Waals surface area (Å²) in [6, 6.07) is 0. The van der Waals surface area contributed by atoms with E-state index in [-0.39, 0.29) is 0 Å². The third kappa shape index (κ3) is 3.39. The summed E-state index contributed by atoms with van der Waals surface area (Å²) in [5, 5.41) is 14.4. The molecule has 0 spiro atoms. The molecule has 2 aromatic heterocycles. The summed E-state index contributed by atoms with van der Waals surface area (Å²) in [7, 11) is 1.94. The number of aromatic amines is 1. The number of aryl methyl sites for hydroxylation is 3. The Balaban J connectivity index is 1.65. The summed E-state index contributed by atoms with van der Waals surface area (Å²) in [6.45, 7) is 3.87. The largest absolute Gasteiger partial charge is 0.313 e. The van der Waals surface area contributed by atoms with Crippen molar-refractivity contribution >= 4 is 0 Å². The third-order valence-electron chi connectivity index (χ3n) is 2.66. The van der Waals surface area contributed by atoms with Gasteiger partial charge in [-0.2, -0.15) is 10.2 Å². The summed E-state index contributed by atoms with van der Waals surface area (Å²) in [5.41, 5.74) is 2.35. The molecule has 2 rings (SSSR count). The van der Waals surface area contributed by atoms with E-state index in [0.29, 0.717) is 0 Å². The minimum atomic E-state index is 0.871. The quantitative estimate of drug-likeness (QED) is 0.717.